The van der Waals surface area contributed by atoms with Crippen LogP contribution in [0.25, 0.3) is 6.08 Å². The molecule has 0 spiro atoms. The van der Waals surface area contributed by atoms with E-state index in [-0.39, 0.29) is 6.08 Å². The maximum Gasteiger partial charge on any atom is 0.460 e. The summed E-state index contributed by atoms with van der Waals surface area (Å²) in [6, 6.07) is 5.14. The average Bonchev–Trinajstić information content (AvgIpc) is 2.75. The predicted molar refractivity (Wildman–Crippen MR) is 91.6 cm³/mol. The van der Waals surface area contributed by atoms with Crippen LogP contribution >= 0.6 is 0 Å². The number of halogens is 17. The molecule has 0 fully saturated rings. The van der Waals surface area contributed by atoms with Gasteiger partial charge in [-0.25, -0.2) is 0 Å². The van der Waals surface area contributed by atoms with E-state index in [2.05, 4.69) is 4.74 Å². The highest BCUT2D eigenvalue weighted by Crippen LogP contribution is 2.64. The van der Waals surface area contributed by atoms with Gasteiger partial charge in [-0.05, 0) is 18.6 Å². The van der Waals surface area contributed by atoms with Crippen LogP contribution in [0.2, 0.25) is 0 Å². The lowest BCUT2D eigenvalue weighted by Gasteiger charge is -2.43. The van der Waals surface area contributed by atoms with E-state index < -0.39 is 72.0 Å². The molecule has 0 aliphatic heterocycles. The number of alkyl halides is 17. The van der Waals surface area contributed by atoms with Crippen LogP contribution in [0, 0.1) is 0 Å². The molecule has 0 N–H and O–H groups in total. The van der Waals surface area contributed by atoms with Gasteiger partial charge in [0.25, 0.3) is 0 Å². The maximum atomic E-state index is 14.5. The van der Waals surface area contributed by atoms with Gasteiger partial charge < -0.3 is 4.74 Å². The number of ether oxygens (including phenoxy) is 1. The second-order valence-electron chi connectivity index (χ2n) is 7.24. The van der Waals surface area contributed by atoms with Crippen molar-refractivity contribution in [3.05, 3.63) is 41.5 Å². The fraction of sp³-hybridized carbons (Fsp3) is 0.579. The average molecular weight is 580 g/mol. The predicted octanol–water partition coefficient (Wildman–Crippen LogP) is 8.12. The van der Waals surface area contributed by atoms with Gasteiger partial charge in [0, 0.05) is 12.2 Å². The molecule has 0 heterocycles. The third-order valence-corrected chi connectivity index (χ3v) is 4.73. The Hall–Kier alpha value is -2.27. The molecule has 1 aromatic carbocycles. The first-order chi connectivity index (χ1) is 16.3. The summed E-state index contributed by atoms with van der Waals surface area (Å²) in [5, 5.41) is 0. The molecule has 0 saturated heterocycles. The van der Waals surface area contributed by atoms with Gasteiger partial charge in [0.1, 0.15) is 0 Å². The minimum atomic E-state index is -8.66. The molecule has 1 rings (SSSR count). The van der Waals surface area contributed by atoms with Gasteiger partial charge in [0.15, 0.2) is 0 Å². The van der Waals surface area contributed by atoms with Crippen molar-refractivity contribution < 1.29 is 79.4 Å². The molecule has 18 heteroatoms. The highest BCUT2D eigenvalue weighted by atomic mass is 19.4. The number of hydrogen-bond donors (Lipinski definition) is 0. The Kier molecular flexibility index (Phi) is 8.67. The normalized spacial score (nSPS) is 15.8. The summed E-state index contributed by atoms with van der Waals surface area (Å²) < 4.78 is 233. The largest absolute Gasteiger partial charge is 0.460 e. The molecule has 0 bridgehead atoms. The topological polar surface area (TPSA) is 9.23 Å². The van der Waals surface area contributed by atoms with Crippen LogP contribution in [-0.4, -0.2) is 60.8 Å². The van der Waals surface area contributed by atoms with Crippen LogP contribution in [0.15, 0.2) is 35.9 Å². The number of hydrogen-bond acceptors (Lipinski definition) is 1. The lowest BCUT2D eigenvalue weighted by Crippen LogP contribution is -2.74. The quantitative estimate of drug-likeness (QED) is 0.241. The third-order valence-electron chi connectivity index (χ3n) is 4.73. The lowest BCUT2D eigenvalue weighted by atomic mass is 9.87. The Balaban J connectivity index is 3.77. The molecule has 0 radical (unpaired) electrons. The van der Waals surface area contributed by atoms with Crippen molar-refractivity contribution in [2.75, 3.05) is 13.2 Å². The molecule has 0 aliphatic rings. The molecule has 0 unspecified atom stereocenters. The third kappa shape index (κ3) is 4.96. The zero-order valence-electron chi connectivity index (χ0n) is 17.7. The Bertz CT molecular complexity index is 947. The monoisotopic (exact) mass is 580 g/mol. The maximum absolute atomic E-state index is 14.5. The highest BCUT2D eigenvalue weighted by Gasteiger charge is 2.95. The summed E-state index contributed by atoms with van der Waals surface area (Å²) in [6.07, 6.45) is -7.83. The zero-order chi connectivity index (χ0) is 29.5. The van der Waals surface area contributed by atoms with Gasteiger partial charge in [-0.2, -0.15) is 74.6 Å². The Morgan fingerprint density at radius 2 is 0.973 bits per heavy atom. The van der Waals surface area contributed by atoms with E-state index >= 15 is 0 Å². The molecular weight excluding hydrogens is 567 g/mol. The SMILES string of the molecule is CCOCC(=Cc1ccccc1)C(F)(F)C(F)(F)C(F)(F)C(F)(F)C(F)(F)C(F)(F)C(F)(F)C(F)(F)F. The Morgan fingerprint density at radius 3 is 1.35 bits per heavy atom. The first kappa shape index (κ1) is 32.8. The van der Waals surface area contributed by atoms with Crippen LogP contribution in [0.1, 0.15) is 12.5 Å². The van der Waals surface area contributed by atoms with Crippen molar-refractivity contribution in [1.82, 2.24) is 0 Å². The first-order valence-electron chi connectivity index (χ1n) is 9.34. The molecular formula is C19H13F17O. The number of rotatable bonds is 11. The zero-order valence-corrected chi connectivity index (χ0v) is 17.7. The van der Waals surface area contributed by atoms with Gasteiger partial charge in [-0.3, -0.25) is 0 Å². The van der Waals surface area contributed by atoms with Crippen molar-refractivity contribution in [3.8, 4) is 0 Å². The van der Waals surface area contributed by atoms with Gasteiger partial charge in [0.2, 0.25) is 0 Å². The van der Waals surface area contributed by atoms with E-state index in [1.807, 2.05) is 0 Å². The molecule has 0 atom stereocenters. The van der Waals surface area contributed by atoms with Crippen molar-refractivity contribution in [1.29, 1.82) is 0 Å². The smallest absolute Gasteiger partial charge is 0.377 e. The minimum Gasteiger partial charge on any atom is -0.377 e. The van der Waals surface area contributed by atoms with Crippen molar-refractivity contribution in [3.63, 3.8) is 0 Å². The first-order valence-corrected chi connectivity index (χ1v) is 9.34. The van der Waals surface area contributed by atoms with Crippen LogP contribution in [-0.2, 0) is 4.74 Å². The summed E-state index contributed by atoms with van der Waals surface area (Å²) in [7, 11) is 0. The van der Waals surface area contributed by atoms with E-state index in [9.17, 15) is 74.6 Å². The Morgan fingerprint density at radius 1 is 0.595 bits per heavy atom. The summed E-state index contributed by atoms with van der Waals surface area (Å²) in [5.41, 5.74) is -2.79. The van der Waals surface area contributed by atoms with Gasteiger partial charge >= 0.3 is 47.6 Å². The number of benzene rings is 1. The van der Waals surface area contributed by atoms with Crippen LogP contribution in [0.3, 0.4) is 0 Å². The fourth-order valence-electron chi connectivity index (χ4n) is 2.55. The second-order valence-corrected chi connectivity index (χ2v) is 7.24. The lowest BCUT2D eigenvalue weighted by molar-refractivity contribution is -0.460. The molecule has 37 heavy (non-hydrogen) atoms. The van der Waals surface area contributed by atoms with Gasteiger partial charge in [-0.1, -0.05) is 30.3 Å². The summed E-state index contributed by atoms with van der Waals surface area (Å²) in [6.45, 7) is -1.31. The van der Waals surface area contributed by atoms with E-state index in [1.54, 1.807) is 0 Å². The highest BCUT2D eigenvalue weighted by molar-refractivity contribution is 5.55. The van der Waals surface area contributed by atoms with Gasteiger partial charge in [-0.15, -0.1) is 0 Å². The van der Waals surface area contributed by atoms with Gasteiger partial charge in [0.05, 0.1) is 6.61 Å². The second kappa shape index (κ2) is 9.80. The van der Waals surface area contributed by atoms with E-state index in [0.29, 0.717) is 0 Å². The van der Waals surface area contributed by atoms with Crippen LogP contribution in [0.5, 0.6) is 0 Å². The molecule has 1 nitrogen and oxygen atoms in total. The molecule has 1 aromatic rings. The van der Waals surface area contributed by atoms with E-state index in [4.69, 9.17) is 0 Å². The standard InChI is InChI=1S/C19H13F17O/c1-2-37-9-11(8-10-6-4-3-5-7-10)12(20,21)13(22,23)14(24,25)15(26,27)16(28,29)17(30,31)18(32,33)19(34,35)36/h3-8H,2,9H2,1H3. The van der Waals surface area contributed by atoms with Crippen molar-refractivity contribution in [2.45, 2.75) is 54.6 Å². The molecule has 214 valence electrons. The summed E-state index contributed by atoms with van der Waals surface area (Å²) >= 11 is 0. The molecule has 0 saturated carbocycles. The molecule has 0 aromatic heterocycles. The van der Waals surface area contributed by atoms with Crippen molar-refractivity contribution >= 4 is 6.08 Å². The summed E-state index contributed by atoms with van der Waals surface area (Å²) in [5.74, 6) is -56.8. The molecule has 0 aliphatic carbocycles. The van der Waals surface area contributed by atoms with E-state index in [0.717, 1.165) is 31.2 Å². The molecule has 0 amide bonds. The minimum absolute atomic E-state index is 0.0393. The van der Waals surface area contributed by atoms with E-state index in [1.165, 1.54) is 6.07 Å². The van der Waals surface area contributed by atoms with Crippen molar-refractivity contribution in [2.24, 2.45) is 0 Å². The van der Waals surface area contributed by atoms with Crippen LogP contribution in [0.4, 0.5) is 74.6 Å². The van der Waals surface area contributed by atoms with Crippen LogP contribution < -0.4 is 0 Å². The fourth-order valence-corrected chi connectivity index (χ4v) is 2.55. The summed E-state index contributed by atoms with van der Waals surface area (Å²) in [4.78, 5) is 0. The Labute approximate surface area is 195 Å².